The summed E-state index contributed by atoms with van der Waals surface area (Å²) < 4.78 is 10.9. The highest BCUT2D eigenvalue weighted by molar-refractivity contribution is 5.87. The quantitative estimate of drug-likeness (QED) is 0.127. The van der Waals surface area contributed by atoms with Crippen LogP contribution in [0.5, 0.6) is 17.2 Å². The van der Waals surface area contributed by atoms with Crippen molar-refractivity contribution in [3.63, 3.8) is 0 Å². The molecule has 41 heavy (non-hydrogen) atoms. The first kappa shape index (κ1) is 29.6. The van der Waals surface area contributed by atoms with Crippen molar-refractivity contribution in [1.82, 2.24) is 10.3 Å². The average Bonchev–Trinajstić information content (AvgIpc) is 2.98. The van der Waals surface area contributed by atoms with Crippen molar-refractivity contribution in [3.8, 4) is 17.2 Å². The van der Waals surface area contributed by atoms with Gasteiger partial charge >= 0.3 is 5.97 Å². The molecule has 0 radical (unpaired) electrons. The van der Waals surface area contributed by atoms with Gasteiger partial charge in [0.05, 0.1) is 25.3 Å². The third-order valence-electron chi connectivity index (χ3n) is 6.94. The minimum atomic E-state index is -2.24. The number of aromatic nitrogens is 1. The summed E-state index contributed by atoms with van der Waals surface area (Å²) in [5.41, 5.74) is -1.28. The Labute approximate surface area is 236 Å². The van der Waals surface area contributed by atoms with Crippen LogP contribution in [0.15, 0.2) is 77.6 Å². The lowest BCUT2D eigenvalue weighted by Gasteiger charge is -2.25. The number of carboxylic acid groups (broad SMARTS) is 1. The Kier molecular flexibility index (Phi) is 9.61. The van der Waals surface area contributed by atoms with Crippen LogP contribution in [0.25, 0.3) is 10.9 Å². The van der Waals surface area contributed by atoms with Gasteiger partial charge < -0.3 is 40.2 Å². The molecule has 0 aliphatic heterocycles. The van der Waals surface area contributed by atoms with Crippen molar-refractivity contribution in [1.29, 1.82) is 0 Å². The van der Waals surface area contributed by atoms with Crippen LogP contribution in [0.4, 0.5) is 0 Å². The molecule has 0 saturated carbocycles. The topological polar surface area (TPSA) is 161 Å². The molecule has 2 unspecified atom stereocenters. The van der Waals surface area contributed by atoms with E-state index >= 15 is 0 Å². The van der Waals surface area contributed by atoms with Crippen LogP contribution in [0, 0.1) is 0 Å². The molecule has 1 heterocycles. The normalized spacial score (nSPS) is 13.4. The van der Waals surface area contributed by atoms with Crippen LogP contribution in [0.3, 0.4) is 0 Å². The number of hydrogen-bond donors (Lipinski definition) is 6. The van der Waals surface area contributed by atoms with Gasteiger partial charge in [0.1, 0.15) is 17.2 Å². The number of aromatic amines is 1. The summed E-state index contributed by atoms with van der Waals surface area (Å²) in [5, 5.41) is 45.5. The molecular weight excluding hydrogens is 528 g/mol. The van der Waals surface area contributed by atoms with Gasteiger partial charge in [-0.05, 0) is 73.3 Å². The maximum absolute atomic E-state index is 12.1. The number of aliphatic carboxylic acids is 1. The summed E-state index contributed by atoms with van der Waals surface area (Å²) in [6.07, 6.45) is 1.64. The van der Waals surface area contributed by atoms with E-state index in [0.29, 0.717) is 47.7 Å². The largest absolute Gasteiger partial charge is 0.506 e. The number of pyridine rings is 1. The molecule has 0 bridgehead atoms. The van der Waals surface area contributed by atoms with Gasteiger partial charge in [0, 0.05) is 23.6 Å². The molecule has 0 saturated heterocycles. The average molecular weight is 563 g/mol. The van der Waals surface area contributed by atoms with E-state index in [4.69, 9.17) is 9.47 Å². The number of ether oxygens (including phenoxy) is 2. The Morgan fingerprint density at radius 1 is 0.976 bits per heavy atom. The Hall–Kier alpha value is -4.38. The highest BCUT2D eigenvalue weighted by Crippen LogP contribution is 2.33. The first-order valence-electron chi connectivity index (χ1n) is 13.3. The summed E-state index contributed by atoms with van der Waals surface area (Å²) >= 11 is 0. The molecule has 0 spiro atoms. The minimum Gasteiger partial charge on any atom is -0.506 e. The van der Waals surface area contributed by atoms with E-state index in [1.165, 1.54) is 37.4 Å². The van der Waals surface area contributed by atoms with E-state index in [1.54, 1.807) is 42.5 Å². The number of aliphatic hydroxyl groups excluding tert-OH is 1. The van der Waals surface area contributed by atoms with Gasteiger partial charge in [0.2, 0.25) is 11.2 Å². The van der Waals surface area contributed by atoms with Crippen molar-refractivity contribution >= 4 is 16.9 Å². The van der Waals surface area contributed by atoms with Crippen molar-refractivity contribution in [2.45, 2.75) is 31.0 Å². The van der Waals surface area contributed by atoms with Gasteiger partial charge in [-0.25, -0.2) is 4.79 Å². The molecule has 6 N–H and O–H groups in total. The number of fused-ring (bicyclic) bond motifs is 1. The number of carboxylic acids is 1. The number of phenolic OH excluding ortho intramolecular Hbond substituents is 1. The lowest BCUT2D eigenvalue weighted by Crippen LogP contribution is -2.36. The van der Waals surface area contributed by atoms with Crippen LogP contribution in [-0.2, 0) is 10.4 Å². The van der Waals surface area contributed by atoms with Gasteiger partial charge in [0.15, 0.2) is 0 Å². The zero-order valence-electron chi connectivity index (χ0n) is 22.7. The second-order valence-corrected chi connectivity index (χ2v) is 9.69. The number of nitrogens with one attached hydrogen (secondary N) is 2. The fourth-order valence-electron chi connectivity index (χ4n) is 4.67. The van der Waals surface area contributed by atoms with E-state index in [0.717, 1.165) is 19.3 Å². The molecule has 4 aromatic rings. The molecule has 0 fully saturated rings. The van der Waals surface area contributed by atoms with Crippen LogP contribution in [0.1, 0.15) is 42.1 Å². The lowest BCUT2D eigenvalue weighted by molar-refractivity contribution is -0.155. The van der Waals surface area contributed by atoms with E-state index in [1.807, 2.05) is 0 Å². The summed E-state index contributed by atoms with van der Waals surface area (Å²) in [4.78, 5) is 26.3. The van der Waals surface area contributed by atoms with E-state index < -0.39 is 17.7 Å². The standard InChI is InChI=1S/C31H34N2O8/c1-40-22-10-8-20(9-11-22)31(39,30(37)38)21-6-5-7-23(18-21)41-17-4-2-3-16-32-19-27(35)24-12-14-26(34)29-25(24)13-15-28(36)33-29/h5-15,18,27,32,34-35,39H,2-4,16-17,19H2,1H3,(H,33,36)(H,37,38). The molecule has 3 aromatic carbocycles. The van der Waals surface area contributed by atoms with Gasteiger partial charge in [-0.3, -0.25) is 4.79 Å². The zero-order chi connectivity index (χ0) is 29.4. The number of aromatic hydroxyl groups is 1. The van der Waals surface area contributed by atoms with E-state index in [9.17, 15) is 30.0 Å². The molecule has 0 amide bonds. The molecule has 0 aliphatic rings. The minimum absolute atomic E-state index is 0.0506. The smallest absolute Gasteiger partial charge is 0.345 e. The molecule has 1 aromatic heterocycles. The number of H-pyrrole nitrogens is 1. The Bertz CT molecular complexity index is 1540. The third-order valence-corrected chi connectivity index (χ3v) is 6.94. The summed E-state index contributed by atoms with van der Waals surface area (Å²) in [5.74, 6) is -0.440. The van der Waals surface area contributed by atoms with Gasteiger partial charge in [-0.1, -0.05) is 30.3 Å². The molecule has 10 nitrogen and oxygen atoms in total. The predicted molar refractivity (Wildman–Crippen MR) is 153 cm³/mol. The van der Waals surface area contributed by atoms with Crippen molar-refractivity contribution < 1.29 is 34.7 Å². The number of carbonyl (C=O) groups is 1. The van der Waals surface area contributed by atoms with Crippen LogP contribution in [0.2, 0.25) is 0 Å². The van der Waals surface area contributed by atoms with Crippen molar-refractivity contribution in [2.75, 3.05) is 26.8 Å². The Morgan fingerprint density at radius 2 is 1.76 bits per heavy atom. The fourth-order valence-corrected chi connectivity index (χ4v) is 4.67. The molecule has 216 valence electrons. The van der Waals surface area contributed by atoms with Gasteiger partial charge in [-0.15, -0.1) is 0 Å². The predicted octanol–water partition coefficient (Wildman–Crippen LogP) is 3.44. The fraction of sp³-hybridized carbons (Fsp3) is 0.290. The molecule has 4 rings (SSSR count). The maximum atomic E-state index is 12.1. The number of aliphatic hydroxyl groups is 2. The number of methoxy groups -OCH3 is 1. The first-order valence-corrected chi connectivity index (χ1v) is 13.3. The number of hydrogen-bond acceptors (Lipinski definition) is 8. The second kappa shape index (κ2) is 13.3. The molecular formula is C31H34N2O8. The SMILES string of the molecule is COc1ccc(C(O)(C(=O)O)c2cccc(OCCCCCNCC(O)c3ccc(O)c4[nH]c(=O)ccc34)c2)cc1. The van der Waals surface area contributed by atoms with E-state index in [2.05, 4.69) is 10.3 Å². The third kappa shape index (κ3) is 6.86. The molecule has 2 atom stereocenters. The molecule has 0 aliphatic carbocycles. The number of benzene rings is 3. The van der Waals surface area contributed by atoms with Gasteiger partial charge in [-0.2, -0.15) is 0 Å². The zero-order valence-corrected chi connectivity index (χ0v) is 22.7. The number of phenols is 1. The van der Waals surface area contributed by atoms with Gasteiger partial charge in [0.25, 0.3) is 0 Å². The maximum Gasteiger partial charge on any atom is 0.345 e. The molecule has 10 heteroatoms. The Balaban J connectivity index is 1.23. The monoisotopic (exact) mass is 562 g/mol. The highest BCUT2D eigenvalue weighted by Gasteiger charge is 2.40. The Morgan fingerprint density at radius 3 is 2.49 bits per heavy atom. The van der Waals surface area contributed by atoms with Crippen LogP contribution < -0.4 is 20.3 Å². The van der Waals surface area contributed by atoms with Crippen molar-refractivity contribution in [2.24, 2.45) is 0 Å². The number of unbranched alkanes of at least 4 members (excludes halogenated alkanes) is 2. The second-order valence-electron chi connectivity index (χ2n) is 9.69. The van der Waals surface area contributed by atoms with Crippen LogP contribution in [-0.4, -0.2) is 58.2 Å². The van der Waals surface area contributed by atoms with Crippen LogP contribution >= 0.6 is 0 Å². The summed E-state index contributed by atoms with van der Waals surface area (Å²) in [7, 11) is 1.51. The number of rotatable bonds is 14. The highest BCUT2D eigenvalue weighted by atomic mass is 16.5. The first-order chi connectivity index (χ1) is 19.7. The van der Waals surface area contributed by atoms with Crippen molar-refractivity contribution in [3.05, 3.63) is 99.8 Å². The lowest BCUT2D eigenvalue weighted by atomic mass is 9.86. The van der Waals surface area contributed by atoms with E-state index in [-0.39, 0.29) is 22.4 Å². The summed E-state index contributed by atoms with van der Waals surface area (Å²) in [6.45, 7) is 1.40. The summed E-state index contributed by atoms with van der Waals surface area (Å²) in [6, 6.07) is 18.7.